The molecule has 0 unspecified atom stereocenters. The Morgan fingerprint density at radius 1 is 1.15 bits per heavy atom. The van der Waals surface area contributed by atoms with E-state index in [1.165, 1.54) is 0 Å². The summed E-state index contributed by atoms with van der Waals surface area (Å²) in [5, 5.41) is 2.73. The molecular weight excluding hydrogens is 269 g/mol. The molecule has 2 rings (SSSR count). The summed E-state index contributed by atoms with van der Waals surface area (Å²) in [4.78, 5) is 6.04. The Labute approximate surface area is 114 Å². The van der Waals surface area contributed by atoms with Crippen LogP contribution in [0.2, 0.25) is 0 Å². The molecule has 1 heterocycles. The van der Waals surface area contributed by atoms with Crippen LogP contribution in [0.3, 0.4) is 0 Å². The first-order valence-electron chi connectivity index (χ1n) is 5.96. The third-order valence-electron chi connectivity index (χ3n) is 2.93. The quantitative estimate of drug-likeness (QED) is 0.876. The van der Waals surface area contributed by atoms with Crippen molar-refractivity contribution >= 4 is 11.6 Å². The Balaban J connectivity index is 2.15. The van der Waals surface area contributed by atoms with Crippen LogP contribution in [-0.2, 0) is 13.6 Å². The molecule has 0 aliphatic heterocycles. The second-order valence-corrected chi connectivity index (χ2v) is 4.60. The van der Waals surface area contributed by atoms with Crippen molar-refractivity contribution in [2.45, 2.75) is 6.54 Å². The minimum atomic E-state index is -1.21. The van der Waals surface area contributed by atoms with E-state index in [1.54, 1.807) is 6.20 Å². The molecule has 4 nitrogen and oxygen atoms in total. The monoisotopic (exact) mass is 284 g/mol. The van der Waals surface area contributed by atoms with Gasteiger partial charge in [0.1, 0.15) is 5.82 Å². The van der Waals surface area contributed by atoms with Crippen LogP contribution in [0.15, 0.2) is 18.3 Å². The molecule has 1 N–H and O–H groups in total. The first-order chi connectivity index (χ1) is 9.40. The first-order valence-corrected chi connectivity index (χ1v) is 5.96. The topological polar surface area (TPSA) is 33.1 Å². The number of aromatic nitrogens is 2. The third kappa shape index (κ3) is 2.71. The number of hydrogen-bond acceptors (Lipinski definition) is 3. The van der Waals surface area contributed by atoms with Gasteiger partial charge in [0.05, 0.1) is 24.1 Å². The maximum absolute atomic E-state index is 13.5. The van der Waals surface area contributed by atoms with Gasteiger partial charge in [-0.1, -0.05) is 0 Å². The molecule has 1 aromatic heterocycles. The molecule has 0 saturated heterocycles. The lowest BCUT2D eigenvalue weighted by Gasteiger charge is -2.13. The van der Waals surface area contributed by atoms with Crippen LogP contribution >= 0.6 is 0 Å². The van der Waals surface area contributed by atoms with Gasteiger partial charge in [-0.15, -0.1) is 0 Å². The smallest absolute Gasteiger partial charge is 0.204 e. The van der Waals surface area contributed by atoms with E-state index in [0.29, 0.717) is 6.07 Å². The van der Waals surface area contributed by atoms with E-state index in [1.807, 2.05) is 30.6 Å². The number of halogens is 3. The Morgan fingerprint density at radius 2 is 1.80 bits per heavy atom. The van der Waals surface area contributed by atoms with Crippen LogP contribution in [0.4, 0.5) is 24.8 Å². The van der Waals surface area contributed by atoms with E-state index in [9.17, 15) is 13.2 Å². The lowest BCUT2D eigenvalue weighted by Crippen LogP contribution is -2.15. The van der Waals surface area contributed by atoms with Crippen LogP contribution in [0.25, 0.3) is 0 Å². The van der Waals surface area contributed by atoms with Crippen molar-refractivity contribution in [2.24, 2.45) is 7.05 Å². The first kappa shape index (κ1) is 14.2. The summed E-state index contributed by atoms with van der Waals surface area (Å²) in [6, 6.07) is 1.32. The standard InChI is InChI=1S/C13H15F3N4/c1-19(2)13-18-7-8(20(13)3)6-17-12-5-10(15)9(14)4-11(12)16/h4-5,7,17H,6H2,1-3H3. The zero-order valence-corrected chi connectivity index (χ0v) is 11.4. The number of hydrogen-bond donors (Lipinski definition) is 1. The summed E-state index contributed by atoms with van der Waals surface area (Å²) < 4.78 is 41.2. The van der Waals surface area contributed by atoms with Crippen molar-refractivity contribution in [1.29, 1.82) is 0 Å². The minimum absolute atomic E-state index is 0.0866. The molecular formula is C13H15F3N4. The molecule has 0 saturated carbocycles. The zero-order chi connectivity index (χ0) is 14.9. The number of nitrogens with zero attached hydrogens (tertiary/aromatic N) is 3. The highest BCUT2D eigenvalue weighted by Gasteiger charge is 2.11. The predicted octanol–water partition coefficient (Wildman–Crippen LogP) is 2.52. The molecule has 0 atom stereocenters. The van der Waals surface area contributed by atoms with Gasteiger partial charge in [0.25, 0.3) is 0 Å². The number of rotatable bonds is 4. The molecule has 0 fully saturated rings. The maximum Gasteiger partial charge on any atom is 0.204 e. The fourth-order valence-corrected chi connectivity index (χ4v) is 1.86. The van der Waals surface area contributed by atoms with Gasteiger partial charge >= 0.3 is 0 Å². The second-order valence-electron chi connectivity index (χ2n) is 4.60. The van der Waals surface area contributed by atoms with E-state index in [0.717, 1.165) is 17.7 Å². The van der Waals surface area contributed by atoms with Crippen LogP contribution in [0, 0.1) is 17.5 Å². The van der Waals surface area contributed by atoms with Gasteiger partial charge in [-0.2, -0.15) is 0 Å². The van der Waals surface area contributed by atoms with Crippen molar-refractivity contribution < 1.29 is 13.2 Å². The molecule has 0 aliphatic rings. The summed E-state index contributed by atoms with van der Waals surface area (Å²) in [7, 11) is 5.53. The van der Waals surface area contributed by atoms with Crippen molar-refractivity contribution in [3.8, 4) is 0 Å². The Morgan fingerprint density at radius 3 is 2.40 bits per heavy atom. The highest BCUT2D eigenvalue weighted by molar-refractivity contribution is 5.46. The van der Waals surface area contributed by atoms with Gasteiger partial charge in [-0.05, 0) is 0 Å². The van der Waals surface area contributed by atoms with Gasteiger partial charge in [-0.25, -0.2) is 18.2 Å². The SMILES string of the molecule is CN(C)c1ncc(CNc2cc(F)c(F)cc2F)n1C. The lowest BCUT2D eigenvalue weighted by atomic mass is 10.2. The van der Waals surface area contributed by atoms with E-state index in [-0.39, 0.29) is 12.2 Å². The highest BCUT2D eigenvalue weighted by Crippen LogP contribution is 2.20. The summed E-state index contributed by atoms with van der Waals surface area (Å²) in [5.41, 5.74) is 0.703. The van der Waals surface area contributed by atoms with Gasteiger partial charge in [0.15, 0.2) is 11.6 Å². The summed E-state index contributed by atoms with van der Waals surface area (Å²) in [6.07, 6.45) is 1.64. The zero-order valence-electron chi connectivity index (χ0n) is 11.4. The Bertz CT molecular complexity index is 622. The molecule has 7 heteroatoms. The van der Waals surface area contributed by atoms with E-state index >= 15 is 0 Å². The summed E-state index contributed by atoms with van der Waals surface area (Å²) in [5.74, 6) is -2.39. The largest absolute Gasteiger partial charge is 0.377 e. The normalized spacial score (nSPS) is 10.7. The van der Waals surface area contributed by atoms with Gasteiger partial charge in [-0.3, -0.25) is 0 Å². The van der Waals surface area contributed by atoms with Crippen molar-refractivity contribution in [3.05, 3.63) is 41.5 Å². The van der Waals surface area contributed by atoms with Crippen molar-refractivity contribution in [3.63, 3.8) is 0 Å². The molecule has 108 valence electrons. The minimum Gasteiger partial charge on any atom is -0.377 e. The third-order valence-corrected chi connectivity index (χ3v) is 2.93. The second kappa shape index (κ2) is 5.44. The van der Waals surface area contributed by atoms with E-state index in [2.05, 4.69) is 10.3 Å². The Kier molecular flexibility index (Phi) is 3.87. The van der Waals surface area contributed by atoms with Gasteiger partial charge in [0.2, 0.25) is 5.95 Å². The lowest BCUT2D eigenvalue weighted by molar-refractivity contribution is 0.496. The van der Waals surface area contributed by atoms with Crippen molar-refractivity contribution in [2.75, 3.05) is 24.3 Å². The fraction of sp³-hybridized carbons (Fsp3) is 0.308. The molecule has 2 aromatic rings. The highest BCUT2D eigenvalue weighted by atomic mass is 19.2. The van der Waals surface area contributed by atoms with Gasteiger partial charge < -0.3 is 14.8 Å². The molecule has 20 heavy (non-hydrogen) atoms. The van der Waals surface area contributed by atoms with Crippen LogP contribution in [-0.4, -0.2) is 23.6 Å². The molecule has 0 spiro atoms. The molecule has 0 amide bonds. The number of benzene rings is 1. The average molecular weight is 284 g/mol. The Hall–Kier alpha value is -2.18. The predicted molar refractivity (Wildman–Crippen MR) is 71.2 cm³/mol. The molecule has 0 radical (unpaired) electrons. The number of imidazole rings is 1. The fourth-order valence-electron chi connectivity index (χ4n) is 1.86. The molecule has 1 aromatic carbocycles. The van der Waals surface area contributed by atoms with Crippen LogP contribution in [0.1, 0.15) is 5.69 Å². The maximum atomic E-state index is 13.5. The average Bonchev–Trinajstić information content (AvgIpc) is 2.74. The summed E-state index contributed by atoms with van der Waals surface area (Å²) >= 11 is 0. The van der Waals surface area contributed by atoms with Crippen molar-refractivity contribution in [1.82, 2.24) is 9.55 Å². The number of nitrogens with one attached hydrogen (secondary N) is 1. The van der Waals surface area contributed by atoms with Crippen LogP contribution < -0.4 is 10.2 Å². The summed E-state index contributed by atoms with van der Waals surface area (Å²) in [6.45, 7) is 0.249. The van der Waals surface area contributed by atoms with E-state index in [4.69, 9.17) is 0 Å². The van der Waals surface area contributed by atoms with E-state index < -0.39 is 17.5 Å². The van der Waals surface area contributed by atoms with Crippen LogP contribution in [0.5, 0.6) is 0 Å². The van der Waals surface area contributed by atoms with Gasteiger partial charge in [0, 0.05) is 33.3 Å². The number of anilines is 2. The molecule has 0 aliphatic carbocycles. The molecule has 0 bridgehead atoms.